The topological polar surface area (TPSA) is 0 Å². The summed E-state index contributed by atoms with van der Waals surface area (Å²) < 4.78 is 1.11. The minimum absolute atomic E-state index is 1.11. The van der Waals surface area contributed by atoms with Gasteiger partial charge in [-0.25, -0.2) is 0 Å². The minimum Gasteiger partial charge on any atom is -0.0616 e. The normalized spacial score (nSPS) is 11.4. The van der Waals surface area contributed by atoms with E-state index in [1.807, 2.05) is 0 Å². The van der Waals surface area contributed by atoms with Crippen molar-refractivity contribution in [3.8, 4) is 11.1 Å². The summed E-state index contributed by atoms with van der Waals surface area (Å²) in [5, 5.41) is 7.72. The molecule has 0 amide bonds. The molecule has 0 aromatic heterocycles. The quantitative estimate of drug-likeness (QED) is 0.262. The first kappa shape index (κ1) is 14.7. The van der Waals surface area contributed by atoms with Crippen LogP contribution in [0.4, 0.5) is 0 Å². The van der Waals surface area contributed by atoms with E-state index in [9.17, 15) is 0 Å². The van der Waals surface area contributed by atoms with Crippen LogP contribution >= 0.6 is 15.9 Å². The van der Waals surface area contributed by atoms with Crippen LogP contribution in [0.2, 0.25) is 0 Å². The Labute approximate surface area is 154 Å². The Morgan fingerprint density at radius 2 is 1.20 bits per heavy atom. The SMILES string of the molecule is Brc1ccc2ccc(-c3cc4ccccc4c4ccccc34)cc2c1. The molecule has 0 spiro atoms. The molecule has 5 aromatic carbocycles. The smallest absolute Gasteiger partial charge is 0.0181 e. The number of rotatable bonds is 1. The van der Waals surface area contributed by atoms with Crippen molar-refractivity contribution >= 4 is 48.2 Å². The van der Waals surface area contributed by atoms with E-state index in [4.69, 9.17) is 0 Å². The van der Waals surface area contributed by atoms with E-state index in [1.165, 1.54) is 43.4 Å². The molecule has 5 rings (SSSR count). The molecule has 0 aliphatic carbocycles. The molecule has 0 aliphatic rings. The van der Waals surface area contributed by atoms with Crippen LogP contribution in [0.3, 0.4) is 0 Å². The third kappa shape index (κ3) is 2.43. The van der Waals surface area contributed by atoms with Crippen LogP contribution in [-0.2, 0) is 0 Å². The average Bonchev–Trinajstić information content (AvgIpc) is 2.67. The lowest BCUT2D eigenvalue weighted by molar-refractivity contribution is 1.67. The summed E-state index contributed by atoms with van der Waals surface area (Å²) in [7, 11) is 0. The molecule has 0 aliphatic heterocycles. The van der Waals surface area contributed by atoms with E-state index >= 15 is 0 Å². The van der Waals surface area contributed by atoms with Crippen molar-refractivity contribution < 1.29 is 0 Å². The van der Waals surface area contributed by atoms with Gasteiger partial charge < -0.3 is 0 Å². The van der Waals surface area contributed by atoms with Crippen molar-refractivity contribution in [2.45, 2.75) is 0 Å². The Bertz CT molecular complexity index is 1250. The van der Waals surface area contributed by atoms with E-state index in [1.54, 1.807) is 0 Å². The average molecular weight is 383 g/mol. The van der Waals surface area contributed by atoms with Crippen LogP contribution in [0.25, 0.3) is 43.4 Å². The summed E-state index contributed by atoms with van der Waals surface area (Å²) in [6.07, 6.45) is 0. The van der Waals surface area contributed by atoms with Gasteiger partial charge in [0.1, 0.15) is 0 Å². The molecule has 0 heterocycles. The van der Waals surface area contributed by atoms with Crippen LogP contribution in [0, 0.1) is 0 Å². The van der Waals surface area contributed by atoms with Gasteiger partial charge in [-0.2, -0.15) is 0 Å². The molecule has 0 fully saturated rings. The van der Waals surface area contributed by atoms with Crippen molar-refractivity contribution in [1.82, 2.24) is 0 Å². The Hall–Kier alpha value is -2.64. The molecular weight excluding hydrogens is 368 g/mol. The summed E-state index contributed by atoms with van der Waals surface area (Å²) >= 11 is 3.59. The predicted molar refractivity (Wildman–Crippen MR) is 112 cm³/mol. The van der Waals surface area contributed by atoms with Crippen molar-refractivity contribution in [2.75, 3.05) is 0 Å². The van der Waals surface area contributed by atoms with Crippen LogP contribution in [-0.4, -0.2) is 0 Å². The third-order valence-electron chi connectivity index (χ3n) is 4.88. The van der Waals surface area contributed by atoms with Crippen LogP contribution in [0.15, 0.2) is 95.5 Å². The summed E-state index contributed by atoms with van der Waals surface area (Å²) in [4.78, 5) is 0. The molecule has 0 bridgehead atoms. The van der Waals surface area contributed by atoms with Crippen LogP contribution in [0.5, 0.6) is 0 Å². The maximum Gasteiger partial charge on any atom is 0.0181 e. The van der Waals surface area contributed by atoms with Gasteiger partial charge in [-0.3, -0.25) is 0 Å². The summed E-state index contributed by atoms with van der Waals surface area (Å²) in [5.74, 6) is 0. The van der Waals surface area contributed by atoms with Crippen molar-refractivity contribution in [3.63, 3.8) is 0 Å². The first-order valence-corrected chi connectivity index (χ1v) is 9.19. The van der Waals surface area contributed by atoms with Gasteiger partial charge in [0.25, 0.3) is 0 Å². The summed E-state index contributed by atoms with van der Waals surface area (Å²) in [6, 6.07) is 32.8. The first-order chi connectivity index (χ1) is 12.3. The standard InChI is InChI=1S/C24H15Br/c25-20-12-11-16-9-10-18(13-19(16)14-20)24-15-17-5-1-2-6-21(17)22-7-3-4-8-23(22)24/h1-15H. The van der Waals surface area contributed by atoms with Crippen LogP contribution in [0.1, 0.15) is 0 Å². The molecule has 0 radical (unpaired) electrons. The molecular formula is C24H15Br. The molecule has 1 heteroatoms. The minimum atomic E-state index is 1.11. The number of halogens is 1. The van der Waals surface area contributed by atoms with Crippen molar-refractivity contribution in [1.29, 1.82) is 0 Å². The van der Waals surface area contributed by atoms with E-state index in [-0.39, 0.29) is 0 Å². The van der Waals surface area contributed by atoms with Gasteiger partial charge in [-0.15, -0.1) is 0 Å². The number of hydrogen-bond donors (Lipinski definition) is 0. The molecule has 25 heavy (non-hydrogen) atoms. The van der Waals surface area contributed by atoms with Crippen LogP contribution < -0.4 is 0 Å². The highest BCUT2D eigenvalue weighted by Crippen LogP contribution is 2.36. The molecule has 5 aromatic rings. The lowest BCUT2D eigenvalue weighted by Gasteiger charge is -2.12. The molecule has 0 saturated carbocycles. The fourth-order valence-electron chi connectivity index (χ4n) is 3.68. The second-order valence-electron chi connectivity index (χ2n) is 6.40. The molecule has 0 saturated heterocycles. The Kier molecular flexibility index (Phi) is 3.36. The monoisotopic (exact) mass is 382 g/mol. The van der Waals surface area contributed by atoms with Gasteiger partial charge >= 0.3 is 0 Å². The molecule has 0 N–H and O–H groups in total. The first-order valence-electron chi connectivity index (χ1n) is 8.40. The van der Waals surface area contributed by atoms with E-state index in [2.05, 4.69) is 107 Å². The fourth-order valence-corrected chi connectivity index (χ4v) is 4.06. The Morgan fingerprint density at radius 3 is 2.08 bits per heavy atom. The van der Waals surface area contributed by atoms with E-state index in [0.717, 1.165) is 4.47 Å². The highest BCUT2D eigenvalue weighted by molar-refractivity contribution is 9.10. The van der Waals surface area contributed by atoms with Gasteiger partial charge in [-0.1, -0.05) is 82.7 Å². The van der Waals surface area contributed by atoms with Gasteiger partial charge in [-0.05, 0) is 67.7 Å². The highest BCUT2D eigenvalue weighted by Gasteiger charge is 2.08. The Balaban J connectivity index is 1.87. The van der Waals surface area contributed by atoms with Gasteiger partial charge in [0.05, 0.1) is 0 Å². The predicted octanol–water partition coefficient (Wildman–Crippen LogP) is 7.58. The zero-order chi connectivity index (χ0) is 16.8. The second kappa shape index (κ2) is 5.72. The molecule has 0 unspecified atom stereocenters. The highest BCUT2D eigenvalue weighted by atomic mass is 79.9. The summed E-state index contributed by atoms with van der Waals surface area (Å²) in [6.45, 7) is 0. The summed E-state index contributed by atoms with van der Waals surface area (Å²) in [5.41, 5.74) is 2.55. The second-order valence-corrected chi connectivity index (χ2v) is 7.31. The van der Waals surface area contributed by atoms with Crippen molar-refractivity contribution in [2.24, 2.45) is 0 Å². The number of benzene rings is 5. The maximum atomic E-state index is 3.59. The van der Waals surface area contributed by atoms with Crippen molar-refractivity contribution in [3.05, 3.63) is 95.5 Å². The lowest BCUT2D eigenvalue weighted by atomic mass is 9.92. The zero-order valence-electron chi connectivity index (χ0n) is 13.5. The van der Waals surface area contributed by atoms with Gasteiger partial charge in [0, 0.05) is 4.47 Å². The lowest BCUT2D eigenvalue weighted by Crippen LogP contribution is -1.85. The van der Waals surface area contributed by atoms with Gasteiger partial charge in [0.15, 0.2) is 0 Å². The molecule has 0 nitrogen and oxygen atoms in total. The number of hydrogen-bond acceptors (Lipinski definition) is 0. The Morgan fingerprint density at radius 1 is 0.480 bits per heavy atom. The molecule has 118 valence electrons. The van der Waals surface area contributed by atoms with Gasteiger partial charge in [0.2, 0.25) is 0 Å². The third-order valence-corrected chi connectivity index (χ3v) is 5.37. The largest absolute Gasteiger partial charge is 0.0616 e. The number of fused-ring (bicyclic) bond motifs is 4. The zero-order valence-corrected chi connectivity index (χ0v) is 15.1. The van der Waals surface area contributed by atoms with E-state index in [0.29, 0.717) is 0 Å². The van der Waals surface area contributed by atoms with E-state index < -0.39 is 0 Å². The maximum absolute atomic E-state index is 3.59. The fraction of sp³-hybridized carbons (Fsp3) is 0. The molecule has 0 atom stereocenters.